The fraction of sp³-hybridized carbons (Fsp3) is 0.143. The second-order valence-electron chi connectivity index (χ2n) is 6.05. The standard InChI is InChI=1S/C21H17NO5/c23-20(25-12-16-6-3-5-14-4-1-2-7-17(14)16)11-22-21(24)15-8-9-18-19(10-15)27-13-26-18/h1-10H,11-13H2,(H,22,24). The van der Waals surface area contributed by atoms with Gasteiger partial charge >= 0.3 is 5.97 Å². The first-order valence-electron chi connectivity index (χ1n) is 8.51. The minimum absolute atomic E-state index is 0.140. The Hall–Kier alpha value is -3.54. The number of amides is 1. The van der Waals surface area contributed by atoms with Crippen LogP contribution in [0.4, 0.5) is 0 Å². The normalized spacial score (nSPS) is 12.0. The maximum Gasteiger partial charge on any atom is 0.325 e. The second kappa shape index (κ2) is 7.37. The third kappa shape index (κ3) is 3.69. The average Bonchev–Trinajstić information content (AvgIpc) is 3.18. The van der Waals surface area contributed by atoms with Crippen LogP contribution < -0.4 is 14.8 Å². The van der Waals surface area contributed by atoms with Gasteiger partial charge in [-0.25, -0.2) is 0 Å². The lowest BCUT2D eigenvalue weighted by Gasteiger charge is -2.09. The van der Waals surface area contributed by atoms with Crippen LogP contribution in [0.1, 0.15) is 15.9 Å². The molecule has 136 valence electrons. The molecule has 3 aromatic rings. The average molecular weight is 363 g/mol. The number of nitrogens with one attached hydrogen (secondary N) is 1. The molecule has 0 bridgehead atoms. The van der Waals surface area contributed by atoms with Crippen molar-refractivity contribution in [2.24, 2.45) is 0 Å². The Kier molecular flexibility index (Phi) is 4.61. The summed E-state index contributed by atoms with van der Waals surface area (Å²) in [6.45, 7) is 0.0824. The van der Waals surface area contributed by atoms with E-state index >= 15 is 0 Å². The summed E-state index contributed by atoms with van der Waals surface area (Å²) in [7, 11) is 0. The zero-order chi connectivity index (χ0) is 18.6. The number of rotatable bonds is 5. The van der Waals surface area contributed by atoms with E-state index < -0.39 is 5.97 Å². The smallest absolute Gasteiger partial charge is 0.325 e. The minimum atomic E-state index is -0.503. The van der Waals surface area contributed by atoms with Crippen LogP contribution in [0.2, 0.25) is 0 Å². The molecule has 4 rings (SSSR count). The molecule has 0 aliphatic carbocycles. The number of carbonyl (C=O) groups is 2. The van der Waals surface area contributed by atoms with Gasteiger partial charge in [0.25, 0.3) is 5.91 Å². The first kappa shape index (κ1) is 16.9. The highest BCUT2D eigenvalue weighted by atomic mass is 16.7. The molecular formula is C21H17NO5. The van der Waals surface area contributed by atoms with E-state index in [0.29, 0.717) is 17.1 Å². The van der Waals surface area contributed by atoms with Crippen LogP contribution in [0.15, 0.2) is 60.7 Å². The van der Waals surface area contributed by atoms with Gasteiger partial charge in [0.05, 0.1) is 0 Å². The lowest BCUT2D eigenvalue weighted by atomic mass is 10.1. The Morgan fingerprint density at radius 1 is 0.963 bits per heavy atom. The molecule has 0 spiro atoms. The van der Waals surface area contributed by atoms with Crippen LogP contribution in [0.25, 0.3) is 10.8 Å². The highest BCUT2D eigenvalue weighted by Crippen LogP contribution is 2.32. The zero-order valence-corrected chi connectivity index (χ0v) is 14.4. The monoisotopic (exact) mass is 363 g/mol. The van der Waals surface area contributed by atoms with Crippen molar-refractivity contribution >= 4 is 22.6 Å². The van der Waals surface area contributed by atoms with Gasteiger partial charge in [0.15, 0.2) is 11.5 Å². The van der Waals surface area contributed by atoms with Gasteiger partial charge < -0.3 is 19.5 Å². The molecule has 1 aliphatic heterocycles. The molecule has 6 heteroatoms. The molecule has 0 fully saturated rings. The molecule has 1 heterocycles. The molecule has 6 nitrogen and oxygen atoms in total. The highest BCUT2D eigenvalue weighted by Gasteiger charge is 2.16. The predicted molar refractivity (Wildman–Crippen MR) is 98.6 cm³/mol. The van der Waals surface area contributed by atoms with E-state index in [4.69, 9.17) is 14.2 Å². The maximum absolute atomic E-state index is 12.2. The molecule has 1 N–H and O–H groups in total. The van der Waals surface area contributed by atoms with Crippen molar-refractivity contribution < 1.29 is 23.8 Å². The van der Waals surface area contributed by atoms with Crippen molar-refractivity contribution in [2.45, 2.75) is 6.61 Å². The summed E-state index contributed by atoms with van der Waals surface area (Å²) in [6, 6.07) is 18.6. The van der Waals surface area contributed by atoms with Crippen LogP contribution in [-0.2, 0) is 16.1 Å². The Bertz CT molecular complexity index is 1010. The maximum atomic E-state index is 12.2. The van der Waals surface area contributed by atoms with E-state index in [0.717, 1.165) is 16.3 Å². The zero-order valence-electron chi connectivity index (χ0n) is 14.4. The first-order chi connectivity index (χ1) is 13.2. The van der Waals surface area contributed by atoms with Crippen molar-refractivity contribution in [3.63, 3.8) is 0 Å². The lowest BCUT2D eigenvalue weighted by Crippen LogP contribution is -2.30. The SMILES string of the molecule is O=C(CNC(=O)c1ccc2c(c1)OCO2)OCc1cccc2ccccc12. The summed E-state index contributed by atoms with van der Waals surface area (Å²) in [6.07, 6.45) is 0. The van der Waals surface area contributed by atoms with Crippen molar-refractivity contribution in [3.05, 3.63) is 71.8 Å². The number of hydrogen-bond acceptors (Lipinski definition) is 5. The molecule has 0 saturated heterocycles. The minimum Gasteiger partial charge on any atom is -0.459 e. The van der Waals surface area contributed by atoms with Crippen LogP contribution in [0.5, 0.6) is 11.5 Å². The number of esters is 1. The third-order valence-electron chi connectivity index (χ3n) is 4.30. The van der Waals surface area contributed by atoms with Crippen molar-refractivity contribution in [1.29, 1.82) is 0 Å². The molecule has 0 saturated carbocycles. The number of benzene rings is 3. The van der Waals surface area contributed by atoms with Crippen molar-refractivity contribution in [3.8, 4) is 11.5 Å². The van der Waals surface area contributed by atoms with E-state index in [-0.39, 0.29) is 25.9 Å². The van der Waals surface area contributed by atoms with Crippen LogP contribution in [-0.4, -0.2) is 25.2 Å². The summed E-state index contributed by atoms with van der Waals surface area (Å²) in [5.74, 6) is 0.231. The molecular weight excluding hydrogens is 346 g/mol. The Morgan fingerprint density at radius 3 is 2.70 bits per heavy atom. The van der Waals surface area contributed by atoms with Crippen LogP contribution in [0.3, 0.4) is 0 Å². The van der Waals surface area contributed by atoms with E-state index in [1.807, 2.05) is 42.5 Å². The van der Waals surface area contributed by atoms with Gasteiger partial charge in [-0.3, -0.25) is 9.59 Å². The molecule has 1 aliphatic rings. The fourth-order valence-corrected chi connectivity index (χ4v) is 2.92. The van der Waals surface area contributed by atoms with E-state index in [1.165, 1.54) is 0 Å². The summed E-state index contributed by atoms with van der Waals surface area (Å²) in [5, 5.41) is 4.68. The number of ether oxygens (including phenoxy) is 3. The quantitative estimate of drug-likeness (QED) is 0.706. The molecule has 0 aromatic heterocycles. The molecule has 1 amide bonds. The summed E-state index contributed by atoms with van der Waals surface area (Å²) in [5.41, 5.74) is 1.31. The van der Waals surface area contributed by atoms with Gasteiger partial charge in [-0.2, -0.15) is 0 Å². The number of carbonyl (C=O) groups excluding carboxylic acids is 2. The van der Waals surface area contributed by atoms with Gasteiger partial charge in [0.2, 0.25) is 6.79 Å². The molecule has 0 radical (unpaired) electrons. The Morgan fingerprint density at radius 2 is 1.78 bits per heavy atom. The van der Waals surface area contributed by atoms with Gasteiger partial charge in [-0.15, -0.1) is 0 Å². The highest BCUT2D eigenvalue weighted by molar-refractivity contribution is 5.96. The summed E-state index contributed by atoms with van der Waals surface area (Å²) in [4.78, 5) is 24.2. The first-order valence-corrected chi connectivity index (χ1v) is 8.51. The summed E-state index contributed by atoms with van der Waals surface area (Å²) >= 11 is 0. The second-order valence-corrected chi connectivity index (χ2v) is 6.05. The van der Waals surface area contributed by atoms with E-state index in [1.54, 1.807) is 18.2 Å². The lowest BCUT2D eigenvalue weighted by molar-refractivity contribution is -0.143. The van der Waals surface area contributed by atoms with Gasteiger partial charge in [0.1, 0.15) is 13.2 Å². The van der Waals surface area contributed by atoms with Gasteiger partial charge in [-0.1, -0.05) is 42.5 Å². The molecule has 3 aromatic carbocycles. The topological polar surface area (TPSA) is 73.9 Å². The number of fused-ring (bicyclic) bond motifs is 2. The fourth-order valence-electron chi connectivity index (χ4n) is 2.92. The van der Waals surface area contributed by atoms with E-state index in [9.17, 15) is 9.59 Å². The van der Waals surface area contributed by atoms with Gasteiger partial charge in [0, 0.05) is 5.56 Å². The van der Waals surface area contributed by atoms with Crippen LogP contribution in [0, 0.1) is 0 Å². The Balaban J connectivity index is 1.32. The molecule has 0 unspecified atom stereocenters. The number of hydrogen-bond donors (Lipinski definition) is 1. The van der Waals surface area contributed by atoms with Crippen molar-refractivity contribution in [1.82, 2.24) is 5.32 Å². The summed E-state index contributed by atoms with van der Waals surface area (Å²) < 4.78 is 15.7. The predicted octanol–water partition coefficient (Wildman–Crippen LogP) is 3.04. The largest absolute Gasteiger partial charge is 0.459 e. The van der Waals surface area contributed by atoms with Crippen LogP contribution >= 0.6 is 0 Å². The van der Waals surface area contributed by atoms with Crippen molar-refractivity contribution in [2.75, 3.05) is 13.3 Å². The van der Waals surface area contributed by atoms with E-state index in [2.05, 4.69) is 5.32 Å². The molecule has 27 heavy (non-hydrogen) atoms. The third-order valence-corrected chi connectivity index (χ3v) is 4.30. The Labute approximate surface area is 155 Å². The molecule has 0 atom stereocenters. The van der Waals surface area contributed by atoms with Gasteiger partial charge in [-0.05, 0) is 34.5 Å².